The van der Waals surface area contributed by atoms with Crippen molar-refractivity contribution >= 4 is 11.1 Å². The Morgan fingerprint density at radius 1 is 2.00 bits per heavy atom. The molecule has 2 unspecified atom stereocenters. The molecule has 0 aliphatic heterocycles. The molecule has 0 spiro atoms. The van der Waals surface area contributed by atoms with Gasteiger partial charge in [0.1, 0.15) is 0 Å². The third-order valence-electron chi connectivity index (χ3n) is 0.184. The van der Waals surface area contributed by atoms with Gasteiger partial charge in [-0.1, -0.05) is 0 Å². The highest BCUT2D eigenvalue weighted by Gasteiger charge is 1.91. The zero-order chi connectivity index (χ0) is 5.15. The van der Waals surface area contributed by atoms with E-state index in [1.165, 1.54) is 0 Å². The smallest absolute Gasteiger partial charge is 0.211 e. The van der Waals surface area contributed by atoms with Crippen LogP contribution < -0.4 is 5.73 Å². The fraction of sp³-hybridized carbons (Fsp3) is 1.00. The summed E-state index contributed by atoms with van der Waals surface area (Å²) in [5, 5.41) is 0. The van der Waals surface area contributed by atoms with Gasteiger partial charge in [0.2, 0.25) is 5.63 Å². The Morgan fingerprint density at radius 3 is 2.17 bits per heavy atom. The molecule has 5 heteroatoms. The average Bonchev–Trinajstić information content (AvgIpc) is 1.36. The Labute approximate surface area is 36.6 Å². The minimum Gasteiger partial charge on any atom is -0.769 e. The molecule has 0 rings (SSSR count). The summed E-state index contributed by atoms with van der Waals surface area (Å²) in [5.74, 6) is 0. The van der Waals surface area contributed by atoms with Gasteiger partial charge in [0.05, 0.1) is 0 Å². The van der Waals surface area contributed by atoms with E-state index in [9.17, 15) is 13.2 Å². The second-order valence-corrected chi connectivity index (χ2v) is 1.58. The van der Waals surface area contributed by atoms with Crippen LogP contribution in [-0.4, -0.2) is 14.4 Å². The van der Waals surface area contributed by atoms with Crippen LogP contribution in [0.25, 0.3) is 0 Å². The van der Waals surface area contributed by atoms with Crippen LogP contribution in [0, 0.1) is 0 Å². The highest BCUT2D eigenvalue weighted by molar-refractivity contribution is 7.79. The van der Waals surface area contributed by atoms with E-state index in [1.807, 2.05) is 0 Å². The van der Waals surface area contributed by atoms with E-state index >= 15 is 0 Å². The van der Waals surface area contributed by atoms with Crippen molar-refractivity contribution in [2.24, 2.45) is 5.73 Å². The van der Waals surface area contributed by atoms with E-state index in [1.54, 1.807) is 0 Å². The van der Waals surface area contributed by atoms with Crippen LogP contribution in [0.15, 0.2) is 0 Å². The molecule has 0 saturated heterocycles. The van der Waals surface area contributed by atoms with Crippen molar-refractivity contribution in [3.8, 4) is 0 Å². The summed E-state index contributed by atoms with van der Waals surface area (Å²) in [7, 11) is 0. The Hall–Kier alpha value is -0.0000000000000000486. The summed E-state index contributed by atoms with van der Waals surface area (Å²) >= 11 is -2.76. The third-order valence-corrected chi connectivity index (χ3v) is 0.552. The number of nitrogens with two attached hydrogens (primary N) is 1. The molecule has 0 aliphatic carbocycles. The zero-order valence-corrected chi connectivity index (χ0v) is 3.57. The van der Waals surface area contributed by atoms with Gasteiger partial charge in [0.15, 0.2) is 0 Å². The van der Waals surface area contributed by atoms with Gasteiger partial charge in [-0.05, 0) is 11.1 Å². The van der Waals surface area contributed by atoms with E-state index in [0.717, 1.165) is 0 Å². The predicted octanol–water partition coefficient (Wildman–Crippen LogP) is -0.923. The molecule has 0 radical (unpaired) electrons. The number of hydrogen-bond acceptors (Lipinski definition) is 3. The van der Waals surface area contributed by atoms with Crippen molar-refractivity contribution in [1.82, 2.24) is 0 Å². The van der Waals surface area contributed by atoms with Gasteiger partial charge in [0, 0.05) is 0 Å². The van der Waals surface area contributed by atoms with E-state index in [4.69, 9.17) is 0 Å². The number of rotatable bonds is 1. The van der Waals surface area contributed by atoms with Crippen molar-refractivity contribution in [3.63, 3.8) is 0 Å². The van der Waals surface area contributed by atoms with Crippen LogP contribution in [-0.2, 0) is 11.1 Å². The summed E-state index contributed by atoms with van der Waals surface area (Å²) < 4.78 is 29.4. The van der Waals surface area contributed by atoms with Crippen LogP contribution in [0.2, 0.25) is 0 Å². The lowest BCUT2D eigenvalue weighted by Crippen LogP contribution is -2.18. The molecule has 6 heavy (non-hydrogen) atoms. The van der Waals surface area contributed by atoms with Gasteiger partial charge in [-0.2, -0.15) is 0 Å². The van der Waals surface area contributed by atoms with Crippen molar-refractivity contribution in [1.29, 1.82) is 0 Å². The largest absolute Gasteiger partial charge is 0.769 e. The third kappa shape index (κ3) is 2.25. The summed E-state index contributed by atoms with van der Waals surface area (Å²) in [6, 6.07) is 0. The van der Waals surface area contributed by atoms with Gasteiger partial charge < -0.3 is 4.55 Å². The monoisotopic (exact) mass is 112 g/mol. The van der Waals surface area contributed by atoms with Crippen LogP contribution >= 0.6 is 0 Å². The Morgan fingerprint density at radius 2 is 2.17 bits per heavy atom. The second kappa shape index (κ2) is 2.22. The van der Waals surface area contributed by atoms with Gasteiger partial charge in [-0.25, -0.2) is 4.39 Å². The first kappa shape index (κ1) is 6.00. The van der Waals surface area contributed by atoms with Crippen molar-refractivity contribution in [2.75, 3.05) is 0 Å². The van der Waals surface area contributed by atoms with Crippen LogP contribution in [0.4, 0.5) is 4.39 Å². The SMILES string of the molecule is NC(F)S(=O)[O-]. The molecule has 0 heterocycles. The maximum absolute atomic E-state index is 11.0. The first-order valence-electron chi connectivity index (χ1n) is 1.12. The molecule has 0 aromatic heterocycles. The minimum atomic E-state index is -2.76. The van der Waals surface area contributed by atoms with E-state index in [2.05, 4.69) is 5.73 Å². The highest BCUT2D eigenvalue weighted by Crippen LogP contribution is 1.80. The van der Waals surface area contributed by atoms with Crippen molar-refractivity contribution < 1.29 is 13.2 Å². The molecule has 2 N–H and O–H groups in total. The quantitative estimate of drug-likeness (QED) is 0.352. The van der Waals surface area contributed by atoms with E-state index in [-0.39, 0.29) is 0 Å². The minimum absolute atomic E-state index is 2.23. The maximum Gasteiger partial charge on any atom is 0.211 e. The Bertz CT molecular complexity index is 64.6. The molecule has 38 valence electrons. The summed E-state index contributed by atoms with van der Waals surface area (Å²) in [4.78, 5) is 0. The number of hydrogen-bond donors (Lipinski definition) is 1. The standard InChI is InChI=1S/CH4FNO2S/c2-1(3)6(4)5/h1H,3H2,(H,4,5)/p-1. The molecule has 0 aromatic carbocycles. The number of halogens is 1. The Kier molecular flexibility index (Phi) is 2.22. The first-order chi connectivity index (χ1) is 2.64. The normalized spacial score (nSPS) is 19.8. The lowest BCUT2D eigenvalue weighted by Gasteiger charge is -2.01. The van der Waals surface area contributed by atoms with Gasteiger partial charge in [-0.3, -0.25) is 9.94 Å². The molecule has 0 amide bonds. The van der Waals surface area contributed by atoms with Crippen LogP contribution in [0.5, 0.6) is 0 Å². The van der Waals surface area contributed by atoms with Gasteiger partial charge in [-0.15, -0.1) is 0 Å². The zero-order valence-electron chi connectivity index (χ0n) is 2.76. The molecule has 0 fully saturated rings. The van der Waals surface area contributed by atoms with Gasteiger partial charge in [0.25, 0.3) is 0 Å². The molecule has 0 aliphatic rings. The molecular weight excluding hydrogens is 109 g/mol. The van der Waals surface area contributed by atoms with Crippen molar-refractivity contribution in [3.05, 3.63) is 0 Å². The molecule has 0 saturated carbocycles. The molecule has 2 atom stereocenters. The summed E-state index contributed by atoms with van der Waals surface area (Å²) in [5.41, 5.74) is 1.92. The Balaban J connectivity index is 3.26. The van der Waals surface area contributed by atoms with Crippen molar-refractivity contribution in [2.45, 2.75) is 5.63 Å². The van der Waals surface area contributed by atoms with Crippen LogP contribution in [0.1, 0.15) is 0 Å². The lowest BCUT2D eigenvalue weighted by atomic mass is 11.4. The summed E-state index contributed by atoms with van der Waals surface area (Å²) in [6.45, 7) is 0. The topological polar surface area (TPSA) is 66.2 Å². The second-order valence-electron chi connectivity index (χ2n) is 0.612. The fourth-order valence-electron chi connectivity index (χ4n) is 0. The van der Waals surface area contributed by atoms with E-state index in [0.29, 0.717) is 0 Å². The lowest BCUT2D eigenvalue weighted by molar-refractivity contribution is 0.410. The van der Waals surface area contributed by atoms with Crippen LogP contribution in [0.3, 0.4) is 0 Å². The predicted molar refractivity (Wildman–Crippen MR) is 18.0 cm³/mol. The molecule has 3 nitrogen and oxygen atoms in total. The molecule has 0 bridgehead atoms. The highest BCUT2D eigenvalue weighted by atomic mass is 32.2. The summed E-state index contributed by atoms with van der Waals surface area (Å²) in [6.07, 6.45) is 0. The number of alkyl halides is 1. The maximum atomic E-state index is 11.0. The average molecular weight is 112 g/mol. The van der Waals surface area contributed by atoms with E-state index < -0.39 is 16.7 Å². The fourth-order valence-corrected chi connectivity index (χ4v) is 0. The molecule has 0 aromatic rings. The van der Waals surface area contributed by atoms with Gasteiger partial charge >= 0.3 is 0 Å². The first-order valence-corrected chi connectivity index (χ1v) is 2.26. The molecular formula is CH3FNO2S-.